The molecule has 3 rings (SSSR count). The Morgan fingerprint density at radius 2 is 2.00 bits per heavy atom. The quantitative estimate of drug-likeness (QED) is 0.884. The summed E-state index contributed by atoms with van der Waals surface area (Å²) in [5.41, 5.74) is -1.29. The maximum absolute atomic E-state index is 14.1. The topological polar surface area (TPSA) is 75.4 Å². The molecule has 6 nitrogen and oxygen atoms in total. The van der Waals surface area contributed by atoms with E-state index in [4.69, 9.17) is 5.11 Å². The van der Waals surface area contributed by atoms with Crippen LogP contribution in [0, 0.1) is 0 Å². The largest absolute Gasteiger partial charge is 0.479 e. The molecule has 0 spiro atoms. The summed E-state index contributed by atoms with van der Waals surface area (Å²) in [6.45, 7) is -0.365. The van der Waals surface area contributed by atoms with Gasteiger partial charge in [0.1, 0.15) is 0 Å². The number of nitrogens with zero attached hydrogens (tertiary/aromatic N) is 3. The SMILES string of the molecule is O=C(c1cnn(-c2ccc(Br)cc2)c1)N1CCC(F)(C(=O)O)C1. The van der Waals surface area contributed by atoms with Crippen LogP contribution >= 0.6 is 15.9 Å². The van der Waals surface area contributed by atoms with Crippen LogP contribution in [0.4, 0.5) is 4.39 Å². The summed E-state index contributed by atoms with van der Waals surface area (Å²) in [5, 5.41) is 13.0. The lowest BCUT2D eigenvalue weighted by molar-refractivity contribution is -0.149. The molecule has 0 radical (unpaired) electrons. The molecular weight excluding hydrogens is 369 g/mol. The van der Waals surface area contributed by atoms with E-state index in [9.17, 15) is 14.0 Å². The third-order valence-corrected chi connectivity index (χ3v) is 4.34. The lowest BCUT2D eigenvalue weighted by Crippen LogP contribution is -2.38. The molecule has 1 fully saturated rings. The van der Waals surface area contributed by atoms with Crippen molar-refractivity contribution in [2.75, 3.05) is 13.1 Å². The maximum atomic E-state index is 14.1. The van der Waals surface area contributed by atoms with E-state index in [-0.39, 0.29) is 13.0 Å². The predicted octanol–water partition coefficient (Wildman–Crippen LogP) is 2.27. The Bertz CT molecular complexity index is 762. The molecule has 1 atom stereocenters. The minimum Gasteiger partial charge on any atom is -0.479 e. The van der Waals surface area contributed by atoms with E-state index in [1.165, 1.54) is 15.8 Å². The number of halogens is 2. The Morgan fingerprint density at radius 3 is 2.61 bits per heavy atom. The van der Waals surface area contributed by atoms with Gasteiger partial charge in [0.25, 0.3) is 5.91 Å². The second kappa shape index (κ2) is 5.77. The molecule has 1 aromatic heterocycles. The number of hydrogen-bond acceptors (Lipinski definition) is 3. The fourth-order valence-electron chi connectivity index (χ4n) is 2.47. The summed E-state index contributed by atoms with van der Waals surface area (Å²) in [6, 6.07) is 7.36. The molecule has 1 aromatic carbocycles. The molecule has 2 aromatic rings. The van der Waals surface area contributed by atoms with E-state index in [2.05, 4.69) is 21.0 Å². The predicted molar refractivity (Wildman–Crippen MR) is 83.3 cm³/mol. The average molecular weight is 382 g/mol. The van der Waals surface area contributed by atoms with Crippen LogP contribution in [-0.4, -0.2) is 50.4 Å². The van der Waals surface area contributed by atoms with E-state index >= 15 is 0 Å². The number of carboxylic acids is 1. The van der Waals surface area contributed by atoms with Gasteiger partial charge >= 0.3 is 5.97 Å². The molecule has 1 amide bonds. The molecular formula is C15H13BrFN3O3. The van der Waals surface area contributed by atoms with Gasteiger partial charge < -0.3 is 10.0 Å². The van der Waals surface area contributed by atoms with Crippen molar-refractivity contribution in [2.24, 2.45) is 0 Å². The number of likely N-dealkylation sites (tertiary alicyclic amines) is 1. The Kier molecular flexibility index (Phi) is 3.93. The van der Waals surface area contributed by atoms with Gasteiger partial charge in [-0.3, -0.25) is 4.79 Å². The second-order valence-corrected chi connectivity index (χ2v) is 6.31. The van der Waals surface area contributed by atoms with E-state index in [1.807, 2.05) is 24.3 Å². The van der Waals surface area contributed by atoms with Gasteiger partial charge in [-0.25, -0.2) is 13.9 Å². The van der Waals surface area contributed by atoms with Gasteiger partial charge in [0.15, 0.2) is 0 Å². The van der Waals surface area contributed by atoms with Crippen molar-refractivity contribution in [3.05, 3.63) is 46.7 Å². The number of carbonyl (C=O) groups excluding carboxylic acids is 1. The highest BCUT2D eigenvalue weighted by Gasteiger charge is 2.47. The van der Waals surface area contributed by atoms with E-state index in [0.29, 0.717) is 5.56 Å². The zero-order valence-electron chi connectivity index (χ0n) is 11.9. The molecule has 2 heterocycles. The van der Waals surface area contributed by atoms with Gasteiger partial charge in [0.05, 0.1) is 24.0 Å². The highest BCUT2D eigenvalue weighted by atomic mass is 79.9. The second-order valence-electron chi connectivity index (χ2n) is 5.40. The first-order valence-corrected chi connectivity index (χ1v) is 7.70. The smallest absolute Gasteiger partial charge is 0.343 e. The fraction of sp³-hybridized carbons (Fsp3) is 0.267. The van der Waals surface area contributed by atoms with Crippen LogP contribution in [-0.2, 0) is 4.79 Å². The lowest BCUT2D eigenvalue weighted by Gasteiger charge is -2.16. The number of amides is 1. The zero-order chi connectivity index (χ0) is 16.6. The maximum Gasteiger partial charge on any atom is 0.343 e. The van der Waals surface area contributed by atoms with Gasteiger partial charge in [-0.1, -0.05) is 15.9 Å². The van der Waals surface area contributed by atoms with Crippen molar-refractivity contribution in [1.29, 1.82) is 0 Å². The molecule has 23 heavy (non-hydrogen) atoms. The monoisotopic (exact) mass is 381 g/mol. The van der Waals surface area contributed by atoms with Gasteiger partial charge in [-0.15, -0.1) is 0 Å². The Labute approximate surface area is 139 Å². The standard InChI is InChI=1S/C15H13BrFN3O3/c16-11-1-3-12(4-2-11)20-8-10(7-18-20)13(21)19-6-5-15(17,9-19)14(22)23/h1-4,7-8H,5-6,9H2,(H,22,23). The fourth-order valence-corrected chi connectivity index (χ4v) is 2.74. The molecule has 1 aliphatic rings. The number of carboxylic acid groups (broad SMARTS) is 1. The molecule has 8 heteroatoms. The molecule has 1 unspecified atom stereocenters. The summed E-state index contributed by atoms with van der Waals surface area (Å²) in [5.74, 6) is -1.95. The zero-order valence-corrected chi connectivity index (χ0v) is 13.5. The minimum absolute atomic E-state index is 0.0745. The van der Waals surface area contributed by atoms with Crippen LogP contribution in [0.5, 0.6) is 0 Å². The number of alkyl halides is 1. The van der Waals surface area contributed by atoms with Crippen LogP contribution in [0.3, 0.4) is 0 Å². The van der Waals surface area contributed by atoms with Gasteiger partial charge in [0, 0.05) is 23.6 Å². The van der Waals surface area contributed by atoms with Crippen molar-refractivity contribution >= 4 is 27.8 Å². The summed E-state index contributed by atoms with van der Waals surface area (Å²) in [6.07, 6.45) is 2.74. The third kappa shape index (κ3) is 2.98. The van der Waals surface area contributed by atoms with Crippen LogP contribution < -0.4 is 0 Å². The van der Waals surface area contributed by atoms with Crippen LogP contribution in [0.25, 0.3) is 5.69 Å². The normalized spacial score (nSPS) is 20.7. The molecule has 1 saturated heterocycles. The van der Waals surface area contributed by atoms with Gasteiger partial charge in [0.2, 0.25) is 5.67 Å². The first kappa shape index (κ1) is 15.7. The van der Waals surface area contributed by atoms with E-state index < -0.39 is 24.1 Å². The number of rotatable bonds is 3. The van der Waals surface area contributed by atoms with Crippen LogP contribution in [0.2, 0.25) is 0 Å². The molecule has 1 aliphatic heterocycles. The Morgan fingerprint density at radius 1 is 1.30 bits per heavy atom. The average Bonchev–Trinajstić information content (AvgIpc) is 3.15. The molecule has 1 N–H and O–H groups in total. The summed E-state index contributed by atoms with van der Waals surface area (Å²) < 4.78 is 16.5. The Hall–Kier alpha value is -2.22. The van der Waals surface area contributed by atoms with Crippen molar-refractivity contribution in [1.82, 2.24) is 14.7 Å². The van der Waals surface area contributed by atoms with Crippen LogP contribution in [0.1, 0.15) is 16.8 Å². The van der Waals surface area contributed by atoms with Crippen LogP contribution in [0.15, 0.2) is 41.1 Å². The number of benzene rings is 1. The van der Waals surface area contributed by atoms with E-state index in [1.54, 1.807) is 6.20 Å². The summed E-state index contributed by atoms with van der Waals surface area (Å²) in [4.78, 5) is 24.5. The molecule has 0 aliphatic carbocycles. The van der Waals surface area contributed by atoms with Crippen molar-refractivity contribution in [2.45, 2.75) is 12.1 Å². The third-order valence-electron chi connectivity index (χ3n) is 3.81. The van der Waals surface area contributed by atoms with E-state index in [0.717, 1.165) is 10.2 Å². The van der Waals surface area contributed by atoms with Gasteiger partial charge in [-0.2, -0.15) is 5.10 Å². The number of aromatic nitrogens is 2. The molecule has 0 saturated carbocycles. The van der Waals surface area contributed by atoms with Gasteiger partial charge in [-0.05, 0) is 24.3 Å². The lowest BCUT2D eigenvalue weighted by atomic mass is 10.1. The number of carbonyl (C=O) groups is 2. The first-order chi connectivity index (χ1) is 10.9. The van der Waals surface area contributed by atoms with Crippen molar-refractivity contribution in [3.63, 3.8) is 0 Å². The highest BCUT2D eigenvalue weighted by molar-refractivity contribution is 9.10. The first-order valence-electron chi connectivity index (χ1n) is 6.91. The molecule has 120 valence electrons. The van der Waals surface area contributed by atoms with Crippen molar-refractivity contribution in [3.8, 4) is 5.69 Å². The summed E-state index contributed by atoms with van der Waals surface area (Å²) in [7, 11) is 0. The summed E-state index contributed by atoms with van der Waals surface area (Å²) >= 11 is 3.34. The van der Waals surface area contributed by atoms with Crippen molar-refractivity contribution < 1.29 is 19.1 Å². The number of hydrogen-bond donors (Lipinski definition) is 1. The minimum atomic E-state index is -2.36. The molecule has 0 bridgehead atoms. The Balaban J connectivity index is 1.77. The number of aliphatic carboxylic acids is 1. The highest BCUT2D eigenvalue weighted by Crippen LogP contribution is 2.27.